The van der Waals surface area contributed by atoms with Gasteiger partial charge in [0, 0.05) is 4.90 Å². The van der Waals surface area contributed by atoms with Gasteiger partial charge in [-0.25, -0.2) is 0 Å². The number of carbonyl (C=O) groups is 1. The van der Waals surface area contributed by atoms with Crippen LogP contribution in [0, 0.1) is 0 Å². The normalized spacial score (nSPS) is 16.4. The molecule has 0 spiro atoms. The number of aliphatic hydroxyl groups is 1. The second-order valence-electron chi connectivity index (χ2n) is 3.75. The molecular weight excluding hydrogens is 224 g/mol. The SMILES string of the molecule is CC[C@@H](O)[C@](C)(Sc1ccccc1)C(=O)O. The molecule has 0 radical (unpaired) electrons. The van der Waals surface area contributed by atoms with Crippen LogP contribution < -0.4 is 0 Å². The average Bonchev–Trinajstić information content (AvgIpc) is 2.28. The van der Waals surface area contributed by atoms with Gasteiger partial charge in [-0.1, -0.05) is 25.1 Å². The maximum atomic E-state index is 11.2. The molecular formula is C12H16O3S. The van der Waals surface area contributed by atoms with Crippen molar-refractivity contribution >= 4 is 17.7 Å². The molecule has 0 fully saturated rings. The summed E-state index contributed by atoms with van der Waals surface area (Å²) in [5.74, 6) is -0.990. The average molecular weight is 240 g/mol. The molecule has 0 aliphatic rings. The maximum absolute atomic E-state index is 11.2. The van der Waals surface area contributed by atoms with E-state index in [2.05, 4.69) is 0 Å². The Morgan fingerprint density at radius 2 is 2.00 bits per heavy atom. The largest absolute Gasteiger partial charge is 0.480 e. The van der Waals surface area contributed by atoms with Crippen molar-refractivity contribution in [2.45, 2.75) is 36.0 Å². The molecule has 88 valence electrons. The number of thioether (sulfide) groups is 1. The van der Waals surface area contributed by atoms with Crippen LogP contribution in [-0.2, 0) is 4.79 Å². The predicted octanol–water partition coefficient (Wildman–Crippen LogP) is 2.39. The van der Waals surface area contributed by atoms with Crippen LogP contribution in [0.4, 0.5) is 0 Å². The number of benzene rings is 1. The van der Waals surface area contributed by atoms with Crippen molar-refractivity contribution in [3.63, 3.8) is 0 Å². The van der Waals surface area contributed by atoms with E-state index in [-0.39, 0.29) is 0 Å². The zero-order chi connectivity index (χ0) is 12.2. The molecule has 0 unspecified atom stereocenters. The summed E-state index contributed by atoms with van der Waals surface area (Å²) >= 11 is 1.18. The Hall–Kier alpha value is -1.00. The van der Waals surface area contributed by atoms with Gasteiger partial charge in [0.15, 0.2) is 0 Å². The highest BCUT2D eigenvalue weighted by atomic mass is 32.2. The number of carboxylic acids is 1. The van der Waals surface area contributed by atoms with E-state index in [4.69, 9.17) is 0 Å². The zero-order valence-electron chi connectivity index (χ0n) is 9.38. The van der Waals surface area contributed by atoms with Gasteiger partial charge in [-0.05, 0) is 25.5 Å². The molecule has 2 N–H and O–H groups in total. The third kappa shape index (κ3) is 2.77. The minimum atomic E-state index is -1.20. The van der Waals surface area contributed by atoms with Crippen molar-refractivity contribution in [1.29, 1.82) is 0 Å². The lowest BCUT2D eigenvalue weighted by Gasteiger charge is -2.28. The first-order chi connectivity index (χ1) is 7.50. The summed E-state index contributed by atoms with van der Waals surface area (Å²) in [5.41, 5.74) is 0. The van der Waals surface area contributed by atoms with Crippen LogP contribution in [0.5, 0.6) is 0 Å². The van der Waals surface area contributed by atoms with Gasteiger partial charge in [0.2, 0.25) is 0 Å². The number of hydrogen-bond acceptors (Lipinski definition) is 3. The van der Waals surface area contributed by atoms with E-state index in [1.807, 2.05) is 30.3 Å². The van der Waals surface area contributed by atoms with Crippen LogP contribution in [-0.4, -0.2) is 27.0 Å². The van der Waals surface area contributed by atoms with Gasteiger partial charge in [-0.15, -0.1) is 11.8 Å². The van der Waals surface area contributed by atoms with Crippen molar-refractivity contribution < 1.29 is 15.0 Å². The molecule has 1 aromatic carbocycles. The predicted molar refractivity (Wildman–Crippen MR) is 64.6 cm³/mol. The maximum Gasteiger partial charge on any atom is 0.322 e. The molecule has 0 saturated carbocycles. The molecule has 16 heavy (non-hydrogen) atoms. The molecule has 0 aromatic heterocycles. The summed E-state index contributed by atoms with van der Waals surface area (Å²) < 4.78 is -1.20. The van der Waals surface area contributed by atoms with E-state index in [1.165, 1.54) is 11.8 Å². The minimum Gasteiger partial charge on any atom is -0.480 e. The van der Waals surface area contributed by atoms with Gasteiger partial charge in [-0.3, -0.25) is 4.79 Å². The minimum absolute atomic E-state index is 0.419. The standard InChI is InChI=1S/C12H16O3S/c1-3-10(13)12(2,11(14)15)16-9-7-5-4-6-8-9/h4-8,10,13H,3H2,1-2H3,(H,14,15)/t10-,12+/m1/s1. The van der Waals surface area contributed by atoms with Crippen LogP contribution in [0.2, 0.25) is 0 Å². The Morgan fingerprint density at radius 1 is 1.44 bits per heavy atom. The lowest BCUT2D eigenvalue weighted by molar-refractivity contribution is -0.142. The first kappa shape index (κ1) is 13.1. The van der Waals surface area contributed by atoms with Crippen LogP contribution in [0.1, 0.15) is 20.3 Å². The number of aliphatic carboxylic acids is 1. The summed E-state index contributed by atoms with van der Waals surface area (Å²) in [6, 6.07) is 9.26. The van der Waals surface area contributed by atoms with Gasteiger partial charge < -0.3 is 10.2 Å². The van der Waals surface area contributed by atoms with Crippen LogP contribution in [0.3, 0.4) is 0 Å². The summed E-state index contributed by atoms with van der Waals surface area (Å²) in [5, 5.41) is 19.0. The van der Waals surface area contributed by atoms with Crippen molar-refractivity contribution in [3.8, 4) is 0 Å². The van der Waals surface area contributed by atoms with E-state index in [9.17, 15) is 15.0 Å². The number of hydrogen-bond donors (Lipinski definition) is 2. The number of carboxylic acid groups (broad SMARTS) is 1. The Kier molecular flexibility index (Phi) is 4.38. The van der Waals surface area contributed by atoms with Crippen molar-refractivity contribution in [1.82, 2.24) is 0 Å². The smallest absolute Gasteiger partial charge is 0.322 e. The molecule has 0 amide bonds. The molecule has 2 atom stereocenters. The molecule has 0 aliphatic heterocycles. The summed E-state index contributed by atoms with van der Waals surface area (Å²) in [4.78, 5) is 12.1. The highest BCUT2D eigenvalue weighted by molar-refractivity contribution is 8.01. The van der Waals surface area contributed by atoms with Gasteiger partial charge in [0.1, 0.15) is 4.75 Å². The van der Waals surface area contributed by atoms with E-state index >= 15 is 0 Å². The van der Waals surface area contributed by atoms with Gasteiger partial charge >= 0.3 is 5.97 Å². The second-order valence-corrected chi connectivity index (χ2v) is 5.27. The molecule has 0 heterocycles. The van der Waals surface area contributed by atoms with Crippen molar-refractivity contribution in [2.24, 2.45) is 0 Å². The van der Waals surface area contributed by atoms with Crippen LogP contribution in [0.15, 0.2) is 35.2 Å². The molecule has 0 bridgehead atoms. The van der Waals surface area contributed by atoms with Crippen molar-refractivity contribution in [2.75, 3.05) is 0 Å². The fourth-order valence-electron chi connectivity index (χ4n) is 1.38. The first-order valence-electron chi connectivity index (χ1n) is 5.16. The molecule has 4 heteroatoms. The third-order valence-corrected chi connectivity index (χ3v) is 3.90. The van der Waals surface area contributed by atoms with E-state index < -0.39 is 16.8 Å². The van der Waals surface area contributed by atoms with E-state index in [0.29, 0.717) is 6.42 Å². The highest BCUT2D eigenvalue weighted by Crippen LogP contribution is 2.36. The van der Waals surface area contributed by atoms with Gasteiger partial charge in [0.25, 0.3) is 0 Å². The topological polar surface area (TPSA) is 57.5 Å². The highest BCUT2D eigenvalue weighted by Gasteiger charge is 2.40. The molecule has 3 nitrogen and oxygen atoms in total. The quantitative estimate of drug-likeness (QED) is 0.776. The van der Waals surface area contributed by atoms with E-state index in [0.717, 1.165) is 4.90 Å². The number of aliphatic hydroxyl groups excluding tert-OH is 1. The van der Waals surface area contributed by atoms with E-state index in [1.54, 1.807) is 13.8 Å². The molecule has 1 aromatic rings. The fraction of sp³-hybridized carbons (Fsp3) is 0.417. The van der Waals surface area contributed by atoms with Crippen molar-refractivity contribution in [3.05, 3.63) is 30.3 Å². The van der Waals surface area contributed by atoms with Gasteiger partial charge in [0.05, 0.1) is 6.10 Å². The molecule has 0 saturated heterocycles. The Balaban J connectivity index is 2.92. The lowest BCUT2D eigenvalue weighted by atomic mass is 10.0. The van der Waals surface area contributed by atoms with Crippen LogP contribution >= 0.6 is 11.8 Å². The molecule has 0 aliphatic carbocycles. The Labute approximate surface area is 99.5 Å². The first-order valence-corrected chi connectivity index (χ1v) is 5.98. The second kappa shape index (κ2) is 5.37. The fourth-order valence-corrected chi connectivity index (χ4v) is 2.55. The zero-order valence-corrected chi connectivity index (χ0v) is 10.2. The Bertz CT molecular complexity index is 353. The third-order valence-electron chi connectivity index (χ3n) is 2.52. The summed E-state index contributed by atoms with van der Waals surface area (Å²) in [6.45, 7) is 3.33. The monoisotopic (exact) mass is 240 g/mol. The summed E-state index contributed by atoms with van der Waals surface area (Å²) in [6.07, 6.45) is -0.446. The number of rotatable bonds is 5. The molecule has 1 rings (SSSR count). The van der Waals surface area contributed by atoms with Gasteiger partial charge in [-0.2, -0.15) is 0 Å². The lowest BCUT2D eigenvalue weighted by Crippen LogP contribution is -2.43. The van der Waals surface area contributed by atoms with Crippen LogP contribution in [0.25, 0.3) is 0 Å². The Morgan fingerprint density at radius 3 is 2.44 bits per heavy atom. The summed E-state index contributed by atoms with van der Waals surface area (Å²) in [7, 11) is 0.